The molecule has 2 aromatic rings. The smallest absolute Gasteiger partial charge is 0.119 e. The summed E-state index contributed by atoms with van der Waals surface area (Å²) in [5, 5.41) is 4.80. The van der Waals surface area contributed by atoms with E-state index < -0.39 is 0 Å². The van der Waals surface area contributed by atoms with Crippen LogP contribution in [-0.2, 0) is 0 Å². The minimum Gasteiger partial charge on any atom is -0.492 e. The van der Waals surface area contributed by atoms with Gasteiger partial charge in [-0.05, 0) is 55.3 Å². The van der Waals surface area contributed by atoms with Crippen molar-refractivity contribution in [2.75, 3.05) is 13.2 Å². The predicted molar refractivity (Wildman–Crippen MR) is 89.6 cm³/mol. The maximum Gasteiger partial charge on any atom is 0.119 e. The number of nitrogens with one attached hydrogen (secondary N) is 1. The number of ether oxygens (including phenoxy) is 1. The highest BCUT2D eigenvalue weighted by Gasteiger charge is 2.09. The summed E-state index contributed by atoms with van der Waals surface area (Å²) >= 11 is 12.2. The molecule has 0 radical (unpaired) electrons. The fourth-order valence-electron chi connectivity index (χ4n) is 2.11. The summed E-state index contributed by atoms with van der Waals surface area (Å²) in [5.74, 6) is 0.894. The Morgan fingerprint density at radius 2 is 1.95 bits per heavy atom. The molecule has 0 aromatic heterocycles. The molecular weight excluding hydrogens is 305 g/mol. The van der Waals surface area contributed by atoms with Crippen LogP contribution in [0.2, 0.25) is 10.0 Å². The van der Waals surface area contributed by atoms with E-state index in [-0.39, 0.29) is 6.04 Å². The van der Waals surface area contributed by atoms with Crippen molar-refractivity contribution in [2.45, 2.75) is 19.9 Å². The number of rotatable bonds is 6. The van der Waals surface area contributed by atoms with Gasteiger partial charge in [0, 0.05) is 22.6 Å². The van der Waals surface area contributed by atoms with Gasteiger partial charge in [0.15, 0.2) is 0 Å². The summed E-state index contributed by atoms with van der Waals surface area (Å²) in [7, 11) is 0. The van der Waals surface area contributed by atoms with E-state index in [4.69, 9.17) is 27.9 Å². The molecule has 0 heterocycles. The number of hydrogen-bond donors (Lipinski definition) is 1. The molecule has 21 heavy (non-hydrogen) atoms. The number of aryl methyl sites for hydroxylation is 1. The van der Waals surface area contributed by atoms with Crippen molar-refractivity contribution in [3.8, 4) is 5.75 Å². The van der Waals surface area contributed by atoms with Gasteiger partial charge in [-0.15, -0.1) is 0 Å². The van der Waals surface area contributed by atoms with Gasteiger partial charge in [0.25, 0.3) is 0 Å². The Morgan fingerprint density at radius 1 is 1.14 bits per heavy atom. The minimum atomic E-state index is 0.123. The second-order valence-corrected chi connectivity index (χ2v) is 5.85. The van der Waals surface area contributed by atoms with E-state index in [1.807, 2.05) is 43.3 Å². The van der Waals surface area contributed by atoms with Crippen LogP contribution in [0.25, 0.3) is 0 Å². The summed E-state index contributed by atoms with van der Waals surface area (Å²) in [6.45, 7) is 5.45. The third-order valence-electron chi connectivity index (χ3n) is 3.24. The molecule has 1 N–H and O–H groups in total. The van der Waals surface area contributed by atoms with Gasteiger partial charge >= 0.3 is 0 Å². The number of benzene rings is 2. The van der Waals surface area contributed by atoms with Crippen molar-refractivity contribution >= 4 is 23.2 Å². The lowest BCUT2D eigenvalue weighted by Crippen LogP contribution is -2.24. The van der Waals surface area contributed by atoms with Gasteiger partial charge in [-0.25, -0.2) is 0 Å². The maximum absolute atomic E-state index is 6.19. The van der Waals surface area contributed by atoms with Crippen LogP contribution >= 0.6 is 23.2 Å². The molecule has 0 spiro atoms. The first-order chi connectivity index (χ1) is 10.1. The number of hydrogen-bond acceptors (Lipinski definition) is 2. The zero-order valence-corrected chi connectivity index (χ0v) is 13.7. The van der Waals surface area contributed by atoms with Crippen molar-refractivity contribution in [1.82, 2.24) is 5.32 Å². The molecule has 0 aliphatic carbocycles. The monoisotopic (exact) mass is 323 g/mol. The Kier molecular flexibility index (Phi) is 5.92. The Hall–Kier alpha value is -1.22. The van der Waals surface area contributed by atoms with E-state index in [9.17, 15) is 0 Å². The molecule has 2 rings (SSSR count). The Balaban J connectivity index is 1.82. The SMILES string of the molecule is Cc1cccc(OCCNC(C)c2cc(Cl)ccc2Cl)c1. The van der Waals surface area contributed by atoms with Crippen molar-refractivity contribution < 1.29 is 4.74 Å². The standard InChI is InChI=1S/C17H19Cl2NO/c1-12-4-3-5-15(10-12)21-9-8-20-13(2)16-11-14(18)6-7-17(16)19/h3-7,10-11,13,20H,8-9H2,1-2H3. The quantitative estimate of drug-likeness (QED) is 0.752. The molecular formula is C17H19Cl2NO. The van der Waals surface area contributed by atoms with Crippen LogP contribution in [0, 0.1) is 6.92 Å². The highest BCUT2D eigenvalue weighted by atomic mass is 35.5. The average molecular weight is 324 g/mol. The van der Waals surface area contributed by atoms with E-state index in [2.05, 4.69) is 12.2 Å². The molecule has 1 unspecified atom stereocenters. The second-order valence-electron chi connectivity index (χ2n) is 5.01. The van der Waals surface area contributed by atoms with Gasteiger partial charge < -0.3 is 10.1 Å². The molecule has 4 heteroatoms. The third-order valence-corrected chi connectivity index (χ3v) is 3.81. The third kappa shape index (κ3) is 4.92. The molecule has 0 aliphatic heterocycles. The lowest BCUT2D eigenvalue weighted by Gasteiger charge is -2.16. The van der Waals surface area contributed by atoms with Gasteiger partial charge in [-0.2, -0.15) is 0 Å². The van der Waals surface area contributed by atoms with Crippen LogP contribution in [0.3, 0.4) is 0 Å². The Morgan fingerprint density at radius 3 is 2.71 bits per heavy atom. The normalized spacial score (nSPS) is 12.2. The molecule has 0 saturated carbocycles. The molecule has 2 aromatic carbocycles. The lowest BCUT2D eigenvalue weighted by molar-refractivity contribution is 0.307. The summed E-state index contributed by atoms with van der Waals surface area (Å²) < 4.78 is 5.71. The topological polar surface area (TPSA) is 21.3 Å². The van der Waals surface area contributed by atoms with Crippen LogP contribution in [-0.4, -0.2) is 13.2 Å². The first-order valence-electron chi connectivity index (χ1n) is 6.94. The van der Waals surface area contributed by atoms with Crippen LogP contribution < -0.4 is 10.1 Å². The molecule has 0 fully saturated rings. The van der Waals surface area contributed by atoms with Gasteiger partial charge in [0.05, 0.1) is 0 Å². The lowest BCUT2D eigenvalue weighted by atomic mass is 10.1. The van der Waals surface area contributed by atoms with Crippen molar-refractivity contribution in [1.29, 1.82) is 0 Å². The molecule has 0 aliphatic rings. The van der Waals surface area contributed by atoms with Gasteiger partial charge in [0.2, 0.25) is 0 Å². The van der Waals surface area contributed by atoms with E-state index in [0.717, 1.165) is 22.9 Å². The summed E-state index contributed by atoms with van der Waals surface area (Å²) in [6.07, 6.45) is 0. The van der Waals surface area contributed by atoms with E-state index in [0.29, 0.717) is 11.6 Å². The Bertz CT molecular complexity index is 601. The predicted octanol–water partition coefficient (Wildman–Crippen LogP) is 5.03. The maximum atomic E-state index is 6.19. The first kappa shape index (κ1) is 16.2. The van der Waals surface area contributed by atoms with Gasteiger partial charge in [-0.3, -0.25) is 0 Å². The van der Waals surface area contributed by atoms with Crippen molar-refractivity contribution in [2.24, 2.45) is 0 Å². The van der Waals surface area contributed by atoms with Crippen molar-refractivity contribution in [3.63, 3.8) is 0 Å². The highest BCUT2D eigenvalue weighted by Crippen LogP contribution is 2.26. The van der Waals surface area contributed by atoms with Gasteiger partial charge in [-0.1, -0.05) is 35.3 Å². The van der Waals surface area contributed by atoms with Crippen LogP contribution in [0.4, 0.5) is 0 Å². The molecule has 112 valence electrons. The zero-order chi connectivity index (χ0) is 15.2. The van der Waals surface area contributed by atoms with E-state index in [1.165, 1.54) is 5.56 Å². The van der Waals surface area contributed by atoms with E-state index in [1.54, 1.807) is 6.07 Å². The average Bonchev–Trinajstić information content (AvgIpc) is 2.46. The Labute approximate surface area is 136 Å². The van der Waals surface area contributed by atoms with Crippen molar-refractivity contribution in [3.05, 3.63) is 63.6 Å². The second kappa shape index (κ2) is 7.69. The summed E-state index contributed by atoms with van der Waals surface area (Å²) in [4.78, 5) is 0. The van der Waals surface area contributed by atoms with Crippen LogP contribution in [0.5, 0.6) is 5.75 Å². The van der Waals surface area contributed by atoms with Crippen LogP contribution in [0.15, 0.2) is 42.5 Å². The zero-order valence-electron chi connectivity index (χ0n) is 12.2. The summed E-state index contributed by atoms with van der Waals surface area (Å²) in [6, 6.07) is 13.7. The van der Waals surface area contributed by atoms with Crippen LogP contribution in [0.1, 0.15) is 24.1 Å². The fourth-order valence-corrected chi connectivity index (χ4v) is 2.57. The first-order valence-corrected chi connectivity index (χ1v) is 7.69. The van der Waals surface area contributed by atoms with Gasteiger partial charge in [0.1, 0.15) is 12.4 Å². The molecule has 0 bridgehead atoms. The minimum absolute atomic E-state index is 0.123. The largest absolute Gasteiger partial charge is 0.492 e. The summed E-state index contributed by atoms with van der Waals surface area (Å²) in [5.41, 5.74) is 2.19. The molecule has 2 nitrogen and oxygen atoms in total. The highest BCUT2D eigenvalue weighted by molar-refractivity contribution is 6.33. The molecule has 0 amide bonds. The number of halogens is 2. The molecule has 1 atom stereocenters. The fraction of sp³-hybridized carbons (Fsp3) is 0.294. The van der Waals surface area contributed by atoms with E-state index >= 15 is 0 Å². The molecule has 0 saturated heterocycles.